The lowest BCUT2D eigenvalue weighted by atomic mass is 9.89. The van der Waals surface area contributed by atoms with Crippen molar-refractivity contribution in [1.82, 2.24) is 0 Å². The van der Waals surface area contributed by atoms with Crippen molar-refractivity contribution >= 4 is 11.6 Å². The number of hydrogen-bond acceptors (Lipinski definition) is 3. The van der Waals surface area contributed by atoms with Gasteiger partial charge in [0.2, 0.25) is 5.91 Å². The standard InChI is InChI=1S/C14H19NO3/c1-14(2)10(9-16)7-13(17)15(14)11-5-4-6-12(8-11)18-3/h4-6,8,10,16H,7,9H2,1-3H3. The Labute approximate surface area is 107 Å². The van der Waals surface area contributed by atoms with E-state index in [2.05, 4.69) is 0 Å². The second-order valence-electron chi connectivity index (χ2n) is 5.17. The molecule has 98 valence electrons. The van der Waals surface area contributed by atoms with Crippen LogP contribution in [0.2, 0.25) is 0 Å². The molecular formula is C14H19NO3. The Kier molecular flexibility index (Phi) is 3.30. The fourth-order valence-electron chi connectivity index (χ4n) is 2.57. The van der Waals surface area contributed by atoms with Crippen molar-refractivity contribution in [3.63, 3.8) is 0 Å². The summed E-state index contributed by atoms with van der Waals surface area (Å²) in [4.78, 5) is 13.9. The fourth-order valence-corrected chi connectivity index (χ4v) is 2.57. The number of carbonyl (C=O) groups is 1. The van der Waals surface area contributed by atoms with E-state index in [1.54, 1.807) is 12.0 Å². The highest BCUT2D eigenvalue weighted by Gasteiger charge is 2.46. The van der Waals surface area contributed by atoms with Crippen molar-refractivity contribution in [2.24, 2.45) is 5.92 Å². The molecule has 1 heterocycles. The van der Waals surface area contributed by atoms with Gasteiger partial charge in [-0.05, 0) is 26.0 Å². The maximum atomic E-state index is 12.1. The van der Waals surface area contributed by atoms with Crippen LogP contribution in [0.3, 0.4) is 0 Å². The summed E-state index contributed by atoms with van der Waals surface area (Å²) < 4.78 is 5.18. The molecule has 0 spiro atoms. The number of amides is 1. The van der Waals surface area contributed by atoms with Gasteiger partial charge in [0.15, 0.2) is 0 Å². The fraction of sp³-hybridized carbons (Fsp3) is 0.500. The molecule has 1 unspecified atom stereocenters. The van der Waals surface area contributed by atoms with Crippen molar-refractivity contribution in [2.45, 2.75) is 25.8 Å². The summed E-state index contributed by atoms with van der Waals surface area (Å²) in [5.41, 5.74) is 0.443. The zero-order chi connectivity index (χ0) is 13.3. The third-order valence-corrected chi connectivity index (χ3v) is 3.78. The van der Waals surface area contributed by atoms with Crippen molar-refractivity contribution in [3.05, 3.63) is 24.3 Å². The Balaban J connectivity index is 2.39. The van der Waals surface area contributed by atoms with Crippen molar-refractivity contribution < 1.29 is 14.6 Å². The van der Waals surface area contributed by atoms with Gasteiger partial charge < -0.3 is 14.7 Å². The number of anilines is 1. The van der Waals surface area contributed by atoms with Crippen molar-refractivity contribution in [1.29, 1.82) is 0 Å². The first-order valence-corrected chi connectivity index (χ1v) is 6.08. The van der Waals surface area contributed by atoms with E-state index >= 15 is 0 Å². The first-order valence-electron chi connectivity index (χ1n) is 6.08. The van der Waals surface area contributed by atoms with E-state index in [0.29, 0.717) is 6.42 Å². The molecule has 0 bridgehead atoms. The van der Waals surface area contributed by atoms with Crippen LogP contribution in [0, 0.1) is 5.92 Å². The molecule has 1 saturated heterocycles. The molecule has 1 atom stereocenters. The van der Waals surface area contributed by atoms with Crippen LogP contribution >= 0.6 is 0 Å². The van der Waals surface area contributed by atoms with Gasteiger partial charge in [0, 0.05) is 36.2 Å². The Morgan fingerprint density at radius 3 is 2.78 bits per heavy atom. The van der Waals surface area contributed by atoms with E-state index in [-0.39, 0.29) is 24.0 Å². The van der Waals surface area contributed by atoms with E-state index < -0.39 is 0 Å². The topological polar surface area (TPSA) is 49.8 Å². The number of aliphatic hydroxyl groups excluding tert-OH is 1. The van der Waals surface area contributed by atoms with Gasteiger partial charge in [-0.1, -0.05) is 6.07 Å². The third-order valence-electron chi connectivity index (χ3n) is 3.78. The summed E-state index contributed by atoms with van der Waals surface area (Å²) in [6, 6.07) is 7.45. The molecule has 1 aliphatic heterocycles. The quantitative estimate of drug-likeness (QED) is 0.889. The Morgan fingerprint density at radius 2 is 2.22 bits per heavy atom. The number of benzene rings is 1. The van der Waals surface area contributed by atoms with Gasteiger partial charge in [-0.15, -0.1) is 0 Å². The van der Waals surface area contributed by atoms with Gasteiger partial charge in [0.1, 0.15) is 5.75 Å². The highest BCUT2D eigenvalue weighted by Crippen LogP contribution is 2.39. The van der Waals surface area contributed by atoms with Gasteiger partial charge in [-0.25, -0.2) is 0 Å². The summed E-state index contributed by atoms with van der Waals surface area (Å²) in [5.74, 6) is 0.743. The number of carbonyl (C=O) groups excluding carboxylic acids is 1. The van der Waals surface area contributed by atoms with Gasteiger partial charge in [0.05, 0.1) is 7.11 Å². The second-order valence-corrected chi connectivity index (χ2v) is 5.17. The minimum Gasteiger partial charge on any atom is -0.497 e. The molecule has 0 radical (unpaired) electrons. The molecule has 0 saturated carbocycles. The van der Waals surface area contributed by atoms with Crippen molar-refractivity contribution in [2.75, 3.05) is 18.6 Å². The van der Waals surface area contributed by atoms with E-state index in [9.17, 15) is 9.90 Å². The zero-order valence-electron chi connectivity index (χ0n) is 11.0. The third kappa shape index (κ3) is 1.97. The molecule has 1 N–H and O–H groups in total. The predicted molar refractivity (Wildman–Crippen MR) is 69.8 cm³/mol. The molecule has 18 heavy (non-hydrogen) atoms. The number of hydrogen-bond donors (Lipinski definition) is 1. The van der Waals surface area contributed by atoms with Crippen LogP contribution in [-0.2, 0) is 4.79 Å². The summed E-state index contributed by atoms with van der Waals surface area (Å²) >= 11 is 0. The molecule has 4 nitrogen and oxygen atoms in total. The molecular weight excluding hydrogens is 230 g/mol. The Hall–Kier alpha value is -1.55. The largest absolute Gasteiger partial charge is 0.497 e. The lowest BCUT2D eigenvalue weighted by Crippen LogP contribution is -2.45. The van der Waals surface area contributed by atoms with Crippen LogP contribution in [0.15, 0.2) is 24.3 Å². The minimum atomic E-state index is -0.377. The highest BCUT2D eigenvalue weighted by molar-refractivity contribution is 5.97. The van der Waals surface area contributed by atoms with Crippen molar-refractivity contribution in [3.8, 4) is 5.75 Å². The number of nitrogens with zero attached hydrogens (tertiary/aromatic N) is 1. The normalized spacial score (nSPS) is 22.3. The number of rotatable bonds is 3. The van der Waals surface area contributed by atoms with Crippen LogP contribution in [0.25, 0.3) is 0 Å². The second kappa shape index (κ2) is 4.61. The monoisotopic (exact) mass is 249 g/mol. The molecule has 1 aliphatic rings. The van der Waals surface area contributed by atoms with Crippen LogP contribution in [-0.4, -0.2) is 30.3 Å². The Bertz CT molecular complexity index is 456. The van der Waals surface area contributed by atoms with Crippen LogP contribution in [0.1, 0.15) is 20.3 Å². The lowest BCUT2D eigenvalue weighted by molar-refractivity contribution is -0.117. The van der Waals surface area contributed by atoms with Crippen LogP contribution in [0.5, 0.6) is 5.75 Å². The van der Waals surface area contributed by atoms with Crippen LogP contribution < -0.4 is 9.64 Å². The SMILES string of the molecule is COc1cccc(N2C(=O)CC(CO)C2(C)C)c1. The number of aliphatic hydroxyl groups is 1. The lowest BCUT2D eigenvalue weighted by Gasteiger charge is -2.35. The first-order chi connectivity index (χ1) is 8.50. The molecule has 1 aromatic carbocycles. The number of methoxy groups -OCH3 is 1. The molecule has 2 rings (SSSR count). The van der Waals surface area contributed by atoms with Gasteiger partial charge in [0.25, 0.3) is 0 Å². The van der Waals surface area contributed by atoms with E-state index in [0.717, 1.165) is 11.4 Å². The smallest absolute Gasteiger partial charge is 0.227 e. The molecule has 0 aliphatic carbocycles. The predicted octanol–water partition coefficient (Wildman–Crippen LogP) is 1.82. The maximum absolute atomic E-state index is 12.1. The molecule has 1 aromatic rings. The minimum absolute atomic E-state index is 0.0270. The maximum Gasteiger partial charge on any atom is 0.227 e. The summed E-state index contributed by atoms with van der Waals surface area (Å²) in [6.45, 7) is 4.00. The van der Waals surface area contributed by atoms with E-state index in [1.165, 1.54) is 0 Å². The average molecular weight is 249 g/mol. The Morgan fingerprint density at radius 1 is 1.50 bits per heavy atom. The molecule has 4 heteroatoms. The average Bonchev–Trinajstić information content (AvgIpc) is 2.58. The zero-order valence-corrected chi connectivity index (χ0v) is 11.0. The van der Waals surface area contributed by atoms with Gasteiger partial charge in [-0.3, -0.25) is 4.79 Å². The van der Waals surface area contributed by atoms with E-state index in [1.807, 2.05) is 38.1 Å². The first kappa shape index (κ1) is 12.9. The molecule has 1 amide bonds. The highest BCUT2D eigenvalue weighted by atomic mass is 16.5. The van der Waals surface area contributed by atoms with Gasteiger partial charge in [-0.2, -0.15) is 0 Å². The molecule has 0 aromatic heterocycles. The van der Waals surface area contributed by atoms with Crippen LogP contribution in [0.4, 0.5) is 5.69 Å². The van der Waals surface area contributed by atoms with E-state index in [4.69, 9.17) is 4.74 Å². The summed E-state index contributed by atoms with van der Waals surface area (Å²) in [6.07, 6.45) is 0.390. The van der Waals surface area contributed by atoms with Gasteiger partial charge >= 0.3 is 0 Å². The summed E-state index contributed by atoms with van der Waals surface area (Å²) in [5, 5.41) is 9.38. The summed E-state index contributed by atoms with van der Waals surface area (Å²) in [7, 11) is 1.60. The number of ether oxygens (including phenoxy) is 1. The molecule has 1 fully saturated rings.